The van der Waals surface area contributed by atoms with Gasteiger partial charge in [0.1, 0.15) is 0 Å². The Morgan fingerprint density at radius 3 is 0.960 bits per heavy atom. The second-order valence-electron chi connectivity index (χ2n) is 6.82. The van der Waals surface area contributed by atoms with E-state index in [1.165, 1.54) is 36.8 Å². The van der Waals surface area contributed by atoms with Crippen molar-refractivity contribution in [3.05, 3.63) is 57.6 Å². The van der Waals surface area contributed by atoms with E-state index in [1.54, 1.807) is 28.5 Å². The molecule has 2 radical (unpaired) electrons. The Balaban J connectivity index is 2.59. The zero-order chi connectivity index (χ0) is 18.4. The Morgan fingerprint density at radius 2 is 0.760 bits per heavy atom. The van der Waals surface area contributed by atoms with E-state index in [-0.39, 0.29) is 0 Å². The molecule has 0 aliphatic carbocycles. The van der Waals surface area contributed by atoms with Crippen LogP contribution in [0.4, 0.5) is 0 Å². The van der Waals surface area contributed by atoms with Crippen LogP contribution in [0, 0.1) is 0 Å². The molecule has 2 aromatic rings. The van der Waals surface area contributed by atoms with Crippen molar-refractivity contribution < 1.29 is 0 Å². The summed E-state index contributed by atoms with van der Waals surface area (Å²) in [5.74, 6) is 0. The van der Waals surface area contributed by atoms with Crippen LogP contribution in [-0.2, 0) is 38.5 Å². The van der Waals surface area contributed by atoms with E-state index < -0.39 is 24.2 Å². The van der Waals surface area contributed by atoms with Crippen molar-refractivity contribution in [2.24, 2.45) is 0 Å². The summed E-state index contributed by atoms with van der Waals surface area (Å²) in [5, 5.41) is 0. The molecule has 0 heterocycles. The summed E-state index contributed by atoms with van der Waals surface area (Å²) in [5.41, 5.74) is 9.61. The van der Waals surface area contributed by atoms with E-state index in [9.17, 15) is 0 Å². The third-order valence-electron chi connectivity index (χ3n) is 5.31. The van der Waals surface area contributed by atoms with Gasteiger partial charge < -0.3 is 0 Å². The Hall–Kier alpha value is -0.638. The summed E-state index contributed by atoms with van der Waals surface area (Å²) >= 11 is -1.06. The zero-order valence-corrected chi connectivity index (χ0v) is 20.9. The minimum atomic E-state index is -1.06. The Bertz CT molecular complexity index is 601. The van der Waals surface area contributed by atoms with Crippen molar-refractivity contribution in [2.75, 3.05) is 0 Å². The van der Waals surface area contributed by atoms with Gasteiger partial charge in [-0.3, -0.25) is 0 Å². The second-order valence-corrected chi connectivity index (χ2v) is 11.7. The predicted molar refractivity (Wildman–Crippen MR) is 114 cm³/mol. The number of rotatable bonds is 8. The first-order valence-corrected chi connectivity index (χ1v) is 14.1. The monoisotopic (exact) mass is 530 g/mol. The van der Waals surface area contributed by atoms with Crippen LogP contribution in [-0.4, -0.2) is 24.2 Å². The molecule has 0 N–H and O–H groups in total. The maximum atomic E-state index is 2.50. The van der Waals surface area contributed by atoms with Crippen LogP contribution < -0.4 is 6.25 Å². The molecule has 25 heavy (non-hydrogen) atoms. The summed E-state index contributed by atoms with van der Waals surface area (Å²) in [6, 6.07) is 10.00. The number of benzene rings is 2. The molecule has 134 valence electrons. The van der Waals surface area contributed by atoms with Crippen molar-refractivity contribution in [3.63, 3.8) is 0 Å². The number of hydrogen-bond donors (Lipinski definition) is 0. The van der Waals surface area contributed by atoms with Gasteiger partial charge in [-0.05, 0) is 0 Å². The van der Waals surface area contributed by atoms with Crippen LogP contribution in [0.1, 0.15) is 74.9 Å². The first kappa shape index (κ1) is 20.7. The fourth-order valence-electron chi connectivity index (χ4n) is 3.65. The molecule has 1 heteroatoms. The van der Waals surface area contributed by atoms with Gasteiger partial charge in [-0.25, -0.2) is 0 Å². The molecular formula is C24H34Pb. The molecule has 0 atom stereocenters. The van der Waals surface area contributed by atoms with Gasteiger partial charge in [0.05, 0.1) is 0 Å². The molecule has 0 aliphatic rings. The Labute approximate surface area is 167 Å². The average Bonchev–Trinajstić information content (AvgIpc) is 2.67. The van der Waals surface area contributed by atoms with Gasteiger partial charge in [-0.15, -0.1) is 0 Å². The topological polar surface area (TPSA) is 0 Å². The quantitative estimate of drug-likeness (QED) is 0.435. The average molecular weight is 530 g/mol. The van der Waals surface area contributed by atoms with Crippen molar-refractivity contribution in [2.45, 2.75) is 80.1 Å². The molecule has 0 nitrogen and oxygen atoms in total. The van der Waals surface area contributed by atoms with Gasteiger partial charge in [0.15, 0.2) is 0 Å². The van der Waals surface area contributed by atoms with E-state index in [0.29, 0.717) is 0 Å². The summed E-state index contributed by atoms with van der Waals surface area (Å²) in [4.78, 5) is 0. The van der Waals surface area contributed by atoms with E-state index in [2.05, 4.69) is 65.8 Å². The van der Waals surface area contributed by atoms with Gasteiger partial charge in [-0.1, -0.05) is 0 Å². The third kappa shape index (κ3) is 4.75. The second kappa shape index (κ2) is 9.89. The fourth-order valence-corrected chi connectivity index (χ4v) is 11.0. The Kier molecular flexibility index (Phi) is 8.18. The zero-order valence-electron chi connectivity index (χ0n) is 17.1. The summed E-state index contributed by atoms with van der Waals surface area (Å²) in [7, 11) is 0. The molecule has 2 aromatic carbocycles. The van der Waals surface area contributed by atoms with Crippen molar-refractivity contribution in [1.29, 1.82) is 0 Å². The summed E-state index contributed by atoms with van der Waals surface area (Å²) in [6.45, 7) is 13.9. The van der Waals surface area contributed by atoms with Crippen LogP contribution >= 0.6 is 0 Å². The summed E-state index contributed by atoms with van der Waals surface area (Å²) < 4.78 is 3.58. The Morgan fingerprint density at radius 1 is 0.480 bits per heavy atom. The van der Waals surface area contributed by atoms with E-state index in [0.717, 1.165) is 12.8 Å². The van der Waals surface area contributed by atoms with Gasteiger partial charge in [0.2, 0.25) is 0 Å². The van der Waals surface area contributed by atoms with Gasteiger partial charge in [0.25, 0.3) is 0 Å². The van der Waals surface area contributed by atoms with Gasteiger partial charge >= 0.3 is 168 Å². The van der Waals surface area contributed by atoms with E-state index in [4.69, 9.17) is 0 Å². The van der Waals surface area contributed by atoms with Crippen LogP contribution in [0.3, 0.4) is 0 Å². The van der Waals surface area contributed by atoms with Crippen LogP contribution in [0.25, 0.3) is 0 Å². The first-order chi connectivity index (χ1) is 12.1. The third-order valence-corrected chi connectivity index (χ3v) is 12.3. The maximum absolute atomic E-state index is 2.50. The van der Waals surface area contributed by atoms with Crippen molar-refractivity contribution in [3.8, 4) is 0 Å². The molecule has 0 fully saturated rings. The molecule has 0 amide bonds. The number of aryl methyl sites for hydroxylation is 6. The molecule has 0 unspecified atom stereocenters. The molecule has 0 aliphatic heterocycles. The number of hydrogen-bond acceptors (Lipinski definition) is 0. The first-order valence-electron chi connectivity index (χ1n) is 10.2. The SMILES string of the molecule is CCc1cc(CC)[c]([Pb][c]2c(CC)cc(CC)cc2CC)c(CC)c1. The molecule has 0 saturated heterocycles. The van der Waals surface area contributed by atoms with Crippen molar-refractivity contribution >= 4 is 30.5 Å². The molecule has 2 rings (SSSR count). The fraction of sp³-hybridized carbons (Fsp3) is 0.500. The molecule has 0 spiro atoms. The normalized spacial score (nSPS) is 11.1. The van der Waals surface area contributed by atoms with Gasteiger partial charge in [0, 0.05) is 0 Å². The molecule has 0 bridgehead atoms. The standard InChI is InChI=1S/2C12H17.Pb/c2*1-4-10-7-11(5-2)9-12(6-3)8-10;/h2*7-8H,4-6H2,1-3H3;. The van der Waals surface area contributed by atoms with Crippen LogP contribution in [0.5, 0.6) is 0 Å². The molecule has 0 saturated carbocycles. The van der Waals surface area contributed by atoms with E-state index in [1.807, 2.05) is 0 Å². The molecular weight excluding hydrogens is 495 g/mol. The van der Waals surface area contributed by atoms with Crippen LogP contribution in [0.2, 0.25) is 0 Å². The summed E-state index contributed by atoms with van der Waals surface area (Å²) in [6.07, 6.45) is 7.02. The predicted octanol–water partition coefficient (Wildman–Crippen LogP) is 4.72. The van der Waals surface area contributed by atoms with Crippen LogP contribution in [0.15, 0.2) is 24.3 Å². The minimum absolute atomic E-state index is 1.06. The van der Waals surface area contributed by atoms with Gasteiger partial charge in [-0.2, -0.15) is 0 Å². The van der Waals surface area contributed by atoms with E-state index >= 15 is 0 Å². The van der Waals surface area contributed by atoms with Crippen molar-refractivity contribution in [1.82, 2.24) is 0 Å². The molecule has 0 aromatic heterocycles.